The van der Waals surface area contributed by atoms with Gasteiger partial charge in [0.1, 0.15) is 12.6 Å². The molecule has 45 heavy (non-hydrogen) atoms. The first kappa shape index (κ1) is 33.7. The number of amides is 2. The number of benzene rings is 4. The van der Waals surface area contributed by atoms with Crippen molar-refractivity contribution >= 4 is 39.1 Å². The van der Waals surface area contributed by atoms with E-state index in [-0.39, 0.29) is 23.8 Å². The molecule has 0 aliphatic carbocycles. The number of aryl methyl sites for hydroxylation is 3. The normalized spacial score (nSPS) is 11.9. The monoisotopic (exact) mass is 645 g/mol. The maximum Gasteiger partial charge on any atom is 0.264 e. The predicted molar refractivity (Wildman–Crippen MR) is 181 cm³/mol. The Balaban J connectivity index is 1.81. The number of rotatable bonds is 13. The molecule has 7 nitrogen and oxygen atoms in total. The quantitative estimate of drug-likeness (QED) is 0.177. The van der Waals surface area contributed by atoms with E-state index in [4.69, 9.17) is 11.6 Å². The van der Waals surface area contributed by atoms with Crippen molar-refractivity contribution in [2.45, 2.75) is 58.0 Å². The maximum atomic E-state index is 14.5. The van der Waals surface area contributed by atoms with Gasteiger partial charge in [0.25, 0.3) is 10.0 Å². The van der Waals surface area contributed by atoms with Crippen molar-refractivity contribution in [2.24, 2.45) is 0 Å². The molecule has 0 heterocycles. The van der Waals surface area contributed by atoms with E-state index in [9.17, 15) is 18.0 Å². The van der Waals surface area contributed by atoms with E-state index in [2.05, 4.69) is 5.32 Å². The van der Waals surface area contributed by atoms with Gasteiger partial charge in [-0.25, -0.2) is 8.42 Å². The first-order valence-electron chi connectivity index (χ1n) is 15.0. The lowest BCUT2D eigenvalue weighted by atomic mass is 10.0. The van der Waals surface area contributed by atoms with E-state index >= 15 is 0 Å². The minimum Gasteiger partial charge on any atom is -0.354 e. The van der Waals surface area contributed by atoms with Gasteiger partial charge in [0.2, 0.25) is 11.8 Å². The third-order valence-corrected chi connectivity index (χ3v) is 9.75. The zero-order valence-corrected chi connectivity index (χ0v) is 27.7. The summed E-state index contributed by atoms with van der Waals surface area (Å²) in [6, 6.07) is 27.5. The zero-order valence-electron chi connectivity index (χ0n) is 26.2. The van der Waals surface area contributed by atoms with Gasteiger partial charge in [-0.1, -0.05) is 84.8 Å². The zero-order chi connectivity index (χ0) is 32.6. The van der Waals surface area contributed by atoms with E-state index in [1.807, 2.05) is 70.2 Å². The van der Waals surface area contributed by atoms with Crippen molar-refractivity contribution in [3.8, 4) is 0 Å². The van der Waals surface area contributed by atoms with Crippen molar-refractivity contribution in [2.75, 3.05) is 17.4 Å². The molecule has 0 saturated heterocycles. The number of carbonyl (C=O) groups is 2. The number of hydrogen-bond donors (Lipinski definition) is 1. The summed E-state index contributed by atoms with van der Waals surface area (Å²) >= 11 is 6.31. The molecule has 0 aromatic heterocycles. The van der Waals surface area contributed by atoms with Crippen LogP contribution in [-0.4, -0.2) is 44.3 Å². The molecule has 4 aromatic carbocycles. The molecule has 4 rings (SSSR count). The van der Waals surface area contributed by atoms with Crippen LogP contribution >= 0.6 is 11.6 Å². The van der Waals surface area contributed by atoms with Crippen LogP contribution in [-0.2, 0) is 32.6 Å². The van der Waals surface area contributed by atoms with Gasteiger partial charge in [-0.15, -0.1) is 0 Å². The van der Waals surface area contributed by atoms with Gasteiger partial charge in [0.05, 0.1) is 10.6 Å². The predicted octanol–water partition coefficient (Wildman–Crippen LogP) is 6.63. The molecular weight excluding hydrogens is 606 g/mol. The number of carbonyl (C=O) groups excluding carboxylic acids is 2. The van der Waals surface area contributed by atoms with Crippen LogP contribution in [0.5, 0.6) is 0 Å². The highest BCUT2D eigenvalue weighted by Crippen LogP contribution is 2.27. The Hall–Kier alpha value is -4.14. The summed E-state index contributed by atoms with van der Waals surface area (Å²) in [6.45, 7) is 7.67. The summed E-state index contributed by atoms with van der Waals surface area (Å²) < 4.78 is 29.5. The van der Waals surface area contributed by atoms with Gasteiger partial charge >= 0.3 is 0 Å². The molecule has 0 aliphatic heterocycles. The Kier molecular flexibility index (Phi) is 11.4. The number of nitrogens with zero attached hydrogens (tertiary/aromatic N) is 2. The van der Waals surface area contributed by atoms with Gasteiger partial charge in [-0.3, -0.25) is 13.9 Å². The molecule has 2 amide bonds. The maximum absolute atomic E-state index is 14.5. The molecular formula is C36H40ClN3O4S. The van der Waals surface area contributed by atoms with E-state index in [1.165, 1.54) is 4.90 Å². The Morgan fingerprint density at radius 1 is 0.822 bits per heavy atom. The molecule has 9 heteroatoms. The number of sulfonamides is 1. The summed E-state index contributed by atoms with van der Waals surface area (Å²) in [5.74, 6) is -0.827. The average Bonchev–Trinajstić information content (AvgIpc) is 3.02. The highest BCUT2D eigenvalue weighted by Gasteiger charge is 2.34. The molecule has 1 atom stereocenters. The fourth-order valence-electron chi connectivity index (χ4n) is 5.00. The van der Waals surface area contributed by atoms with Crippen LogP contribution < -0.4 is 9.62 Å². The molecule has 4 aromatic rings. The fraction of sp³-hybridized carbons (Fsp3) is 0.278. The van der Waals surface area contributed by atoms with Crippen LogP contribution in [0.15, 0.2) is 102 Å². The molecule has 0 saturated carbocycles. The van der Waals surface area contributed by atoms with Crippen molar-refractivity contribution in [1.82, 2.24) is 10.2 Å². The van der Waals surface area contributed by atoms with Crippen LogP contribution in [0.2, 0.25) is 5.02 Å². The summed E-state index contributed by atoms with van der Waals surface area (Å²) in [6.07, 6.45) is 0.971. The number of nitrogens with one attached hydrogen (secondary N) is 1. The third kappa shape index (κ3) is 8.74. The molecule has 1 N–H and O–H groups in total. The van der Waals surface area contributed by atoms with E-state index < -0.39 is 28.5 Å². The minimum absolute atomic E-state index is 0.0573. The second-order valence-electron chi connectivity index (χ2n) is 11.2. The highest BCUT2D eigenvalue weighted by molar-refractivity contribution is 7.92. The summed E-state index contributed by atoms with van der Waals surface area (Å²) in [7, 11) is -4.16. The third-order valence-electron chi connectivity index (χ3n) is 7.73. The number of anilines is 1. The van der Waals surface area contributed by atoms with Crippen LogP contribution in [0.3, 0.4) is 0 Å². The molecule has 0 radical (unpaired) electrons. The fourth-order valence-corrected chi connectivity index (χ4v) is 6.62. The highest BCUT2D eigenvalue weighted by atomic mass is 35.5. The second-order valence-corrected chi connectivity index (χ2v) is 13.5. The smallest absolute Gasteiger partial charge is 0.264 e. The van der Waals surface area contributed by atoms with E-state index in [1.54, 1.807) is 54.6 Å². The topological polar surface area (TPSA) is 86.8 Å². The van der Waals surface area contributed by atoms with Crippen LogP contribution in [0, 0.1) is 20.8 Å². The average molecular weight is 646 g/mol. The van der Waals surface area contributed by atoms with Gasteiger partial charge in [-0.05, 0) is 85.8 Å². The summed E-state index contributed by atoms with van der Waals surface area (Å²) in [5.41, 5.74) is 4.76. The summed E-state index contributed by atoms with van der Waals surface area (Å²) in [4.78, 5) is 29.8. The molecule has 0 unspecified atom stereocenters. The van der Waals surface area contributed by atoms with Crippen molar-refractivity contribution in [3.05, 3.63) is 130 Å². The van der Waals surface area contributed by atoms with Crippen molar-refractivity contribution < 1.29 is 18.0 Å². The Labute approximate surface area is 271 Å². The Morgan fingerprint density at radius 2 is 1.51 bits per heavy atom. The van der Waals surface area contributed by atoms with Crippen molar-refractivity contribution in [3.63, 3.8) is 0 Å². The SMILES string of the molecule is CCCNC(=O)[C@H](Cc1ccccc1)N(Cc1cccc(Cl)c1)C(=O)CN(c1ccc(C)c(C)c1)S(=O)(=O)c1ccc(C)cc1. The lowest BCUT2D eigenvalue weighted by molar-refractivity contribution is -0.140. The summed E-state index contributed by atoms with van der Waals surface area (Å²) in [5, 5.41) is 3.45. The largest absolute Gasteiger partial charge is 0.354 e. The standard InChI is InChI=1S/C36H40ClN3O4S/c1-5-20-38-36(42)34(23-29-10-7-6-8-11-29)39(24-30-12-9-13-31(37)22-30)35(41)25-40(32-17-16-27(3)28(4)21-32)45(43,44)33-18-14-26(2)15-19-33/h6-19,21-22,34H,5,20,23-25H2,1-4H3,(H,38,42)/t34-/m0/s1. The van der Waals surface area contributed by atoms with E-state index in [0.717, 1.165) is 38.5 Å². The van der Waals surface area contributed by atoms with Crippen LogP contribution in [0.4, 0.5) is 5.69 Å². The number of hydrogen-bond acceptors (Lipinski definition) is 4. The minimum atomic E-state index is -4.16. The first-order valence-corrected chi connectivity index (χ1v) is 16.8. The Morgan fingerprint density at radius 3 is 2.16 bits per heavy atom. The lowest BCUT2D eigenvalue weighted by Crippen LogP contribution is -2.53. The molecule has 0 fully saturated rings. The van der Waals surface area contributed by atoms with E-state index in [0.29, 0.717) is 17.3 Å². The Bertz CT molecular complexity index is 1730. The first-order chi connectivity index (χ1) is 21.5. The molecule has 0 aliphatic rings. The van der Waals surface area contributed by atoms with Crippen LogP contribution in [0.1, 0.15) is 41.2 Å². The molecule has 0 spiro atoms. The van der Waals surface area contributed by atoms with Gasteiger partial charge in [0.15, 0.2) is 0 Å². The lowest BCUT2D eigenvalue weighted by Gasteiger charge is -2.34. The molecule has 0 bridgehead atoms. The van der Waals surface area contributed by atoms with Gasteiger partial charge in [-0.2, -0.15) is 0 Å². The van der Waals surface area contributed by atoms with Crippen molar-refractivity contribution in [1.29, 1.82) is 0 Å². The van der Waals surface area contributed by atoms with Gasteiger partial charge in [0, 0.05) is 24.5 Å². The molecule has 236 valence electrons. The van der Waals surface area contributed by atoms with Crippen LogP contribution in [0.25, 0.3) is 0 Å². The second kappa shape index (κ2) is 15.2. The number of halogens is 1. The van der Waals surface area contributed by atoms with Gasteiger partial charge < -0.3 is 10.2 Å².